The normalized spacial score (nSPS) is 50.2. The minimum absolute atomic E-state index is 0.0815. The molecule has 4 nitrogen and oxygen atoms in total. The maximum atomic E-state index is 12.7. The van der Waals surface area contributed by atoms with Crippen LogP contribution >= 0.6 is 0 Å². The first-order valence-electron chi connectivity index (χ1n) is 11.6. The van der Waals surface area contributed by atoms with Crippen molar-refractivity contribution in [2.75, 3.05) is 0 Å². The number of aliphatic hydroxyl groups is 1. The predicted octanol–water partition coefficient (Wildman–Crippen LogP) is 4.53. The largest absolute Gasteiger partial charge is 0.462 e. The van der Waals surface area contributed by atoms with Crippen LogP contribution in [0.15, 0.2) is 0 Å². The first-order valence-corrected chi connectivity index (χ1v) is 11.6. The molecule has 0 unspecified atom stereocenters. The quantitative estimate of drug-likeness (QED) is 0.719. The molecule has 1 N–H and O–H groups in total. The Balaban J connectivity index is 1.67. The Morgan fingerprint density at radius 3 is 2.32 bits per heavy atom. The maximum absolute atomic E-state index is 12.7. The summed E-state index contributed by atoms with van der Waals surface area (Å²) in [5.74, 6) is 2.46. The van der Waals surface area contributed by atoms with E-state index in [1.54, 1.807) is 0 Å². The second-order valence-electron chi connectivity index (χ2n) is 10.8. The van der Waals surface area contributed by atoms with Crippen LogP contribution in [-0.4, -0.2) is 29.1 Å². The zero-order valence-corrected chi connectivity index (χ0v) is 18.1. The standard InChI is InChI=1S/C24H38O4/c1-5-21(27)19-7-6-17-16-13-22(28-14(2)25)20-12-15(26)8-10-24(20,4)18(16)9-11-23(17,19)3/h15-20,22,26H,5-13H2,1-4H3/t15-,16+,17+,18+,19-,20-,22+,23+,24-/m1/s1. The summed E-state index contributed by atoms with van der Waals surface area (Å²) in [7, 11) is 0. The van der Waals surface area contributed by atoms with E-state index < -0.39 is 0 Å². The van der Waals surface area contributed by atoms with Crippen molar-refractivity contribution in [3.8, 4) is 0 Å². The Bertz CT molecular complexity index is 645. The number of aliphatic hydroxyl groups excluding tert-OH is 1. The Labute approximate surface area is 169 Å². The molecular weight excluding hydrogens is 352 g/mol. The number of fused-ring (bicyclic) bond motifs is 5. The van der Waals surface area contributed by atoms with Crippen LogP contribution < -0.4 is 0 Å². The van der Waals surface area contributed by atoms with Crippen LogP contribution in [0.2, 0.25) is 0 Å². The van der Waals surface area contributed by atoms with E-state index >= 15 is 0 Å². The van der Waals surface area contributed by atoms with Crippen molar-refractivity contribution in [1.29, 1.82) is 0 Å². The third-order valence-corrected chi connectivity index (χ3v) is 9.68. The van der Waals surface area contributed by atoms with Gasteiger partial charge in [0.25, 0.3) is 0 Å². The van der Waals surface area contributed by atoms with Gasteiger partial charge in [0.05, 0.1) is 6.10 Å². The lowest BCUT2D eigenvalue weighted by atomic mass is 9.44. The zero-order chi connectivity index (χ0) is 20.3. The second kappa shape index (κ2) is 7.11. The van der Waals surface area contributed by atoms with Crippen LogP contribution in [0.5, 0.6) is 0 Å². The first kappa shape index (κ1) is 20.4. The number of esters is 1. The molecule has 0 amide bonds. The van der Waals surface area contributed by atoms with Gasteiger partial charge in [-0.25, -0.2) is 0 Å². The van der Waals surface area contributed by atoms with E-state index in [-0.39, 0.29) is 40.8 Å². The molecule has 4 heteroatoms. The molecule has 0 aliphatic heterocycles. The molecule has 4 aliphatic rings. The van der Waals surface area contributed by atoms with Crippen LogP contribution in [0, 0.1) is 40.4 Å². The van der Waals surface area contributed by atoms with E-state index in [4.69, 9.17) is 4.74 Å². The van der Waals surface area contributed by atoms with Crippen molar-refractivity contribution in [3.05, 3.63) is 0 Å². The monoisotopic (exact) mass is 390 g/mol. The van der Waals surface area contributed by atoms with Crippen molar-refractivity contribution < 1.29 is 19.4 Å². The van der Waals surface area contributed by atoms with Crippen molar-refractivity contribution >= 4 is 11.8 Å². The molecule has 4 saturated carbocycles. The van der Waals surface area contributed by atoms with Crippen molar-refractivity contribution in [3.63, 3.8) is 0 Å². The Morgan fingerprint density at radius 2 is 1.64 bits per heavy atom. The van der Waals surface area contributed by atoms with Gasteiger partial charge in [-0.05, 0) is 80.0 Å². The van der Waals surface area contributed by atoms with Gasteiger partial charge >= 0.3 is 5.97 Å². The molecule has 28 heavy (non-hydrogen) atoms. The summed E-state index contributed by atoms with van der Waals surface area (Å²) in [4.78, 5) is 24.5. The highest BCUT2D eigenvalue weighted by Crippen LogP contribution is 2.67. The molecular formula is C24H38O4. The molecule has 158 valence electrons. The highest BCUT2D eigenvalue weighted by Gasteiger charge is 2.63. The fourth-order valence-electron chi connectivity index (χ4n) is 8.37. The van der Waals surface area contributed by atoms with Crippen LogP contribution in [-0.2, 0) is 14.3 Å². The third-order valence-electron chi connectivity index (χ3n) is 9.68. The fourth-order valence-corrected chi connectivity index (χ4v) is 8.37. The lowest BCUT2D eigenvalue weighted by molar-refractivity contribution is -0.191. The van der Waals surface area contributed by atoms with Crippen LogP contribution in [0.25, 0.3) is 0 Å². The molecule has 0 saturated heterocycles. The minimum Gasteiger partial charge on any atom is -0.462 e. The van der Waals surface area contributed by atoms with Gasteiger partial charge in [0, 0.05) is 25.2 Å². The third kappa shape index (κ3) is 2.97. The van der Waals surface area contributed by atoms with Crippen molar-refractivity contribution in [2.24, 2.45) is 40.4 Å². The molecule has 4 rings (SSSR count). The number of carbonyl (C=O) groups is 2. The van der Waals surface area contributed by atoms with Crippen LogP contribution in [0.4, 0.5) is 0 Å². The van der Waals surface area contributed by atoms with Gasteiger partial charge < -0.3 is 9.84 Å². The molecule has 4 aliphatic carbocycles. The van der Waals surface area contributed by atoms with Gasteiger partial charge in [-0.3, -0.25) is 9.59 Å². The number of hydrogen-bond donors (Lipinski definition) is 1. The summed E-state index contributed by atoms with van der Waals surface area (Å²) in [6.07, 6.45) is 8.38. The predicted molar refractivity (Wildman–Crippen MR) is 107 cm³/mol. The lowest BCUT2D eigenvalue weighted by Crippen LogP contribution is -2.59. The summed E-state index contributed by atoms with van der Waals surface area (Å²) in [5, 5.41) is 10.3. The fraction of sp³-hybridized carbons (Fsp3) is 0.917. The number of rotatable bonds is 3. The molecule has 9 atom stereocenters. The topological polar surface area (TPSA) is 63.6 Å². The van der Waals surface area contributed by atoms with E-state index in [1.165, 1.54) is 13.3 Å². The van der Waals surface area contributed by atoms with E-state index in [9.17, 15) is 14.7 Å². The number of carbonyl (C=O) groups excluding carboxylic acids is 2. The highest BCUT2D eigenvalue weighted by molar-refractivity contribution is 5.82. The molecule has 4 fully saturated rings. The molecule has 0 spiro atoms. The van der Waals surface area contributed by atoms with Crippen molar-refractivity contribution in [1.82, 2.24) is 0 Å². The van der Waals surface area contributed by atoms with Crippen molar-refractivity contribution in [2.45, 2.75) is 97.7 Å². The van der Waals surface area contributed by atoms with Gasteiger partial charge in [0.2, 0.25) is 0 Å². The Kier molecular flexibility index (Phi) is 5.17. The second-order valence-corrected chi connectivity index (χ2v) is 10.8. The van der Waals surface area contributed by atoms with E-state index in [2.05, 4.69) is 13.8 Å². The smallest absolute Gasteiger partial charge is 0.302 e. The SMILES string of the molecule is CCC(=O)[C@H]1CC[C@H]2[C@@H]3C[C@H](OC(C)=O)[C@H]4C[C@H](O)CC[C@]4(C)[C@H]3CC[C@]12C. The molecule has 0 heterocycles. The van der Waals surface area contributed by atoms with Crippen LogP contribution in [0.1, 0.15) is 85.5 Å². The number of ketones is 1. The van der Waals surface area contributed by atoms with Gasteiger partial charge in [-0.1, -0.05) is 20.8 Å². The minimum atomic E-state index is -0.264. The van der Waals surface area contributed by atoms with Gasteiger partial charge in [0.1, 0.15) is 11.9 Å². The summed E-state index contributed by atoms with van der Waals surface area (Å²) < 4.78 is 5.88. The molecule has 0 radical (unpaired) electrons. The lowest BCUT2D eigenvalue weighted by Gasteiger charge is -2.62. The van der Waals surface area contributed by atoms with Gasteiger partial charge in [0.15, 0.2) is 0 Å². The van der Waals surface area contributed by atoms with Gasteiger partial charge in [-0.2, -0.15) is 0 Å². The maximum Gasteiger partial charge on any atom is 0.302 e. The summed E-state index contributed by atoms with van der Waals surface area (Å²) in [6.45, 7) is 8.29. The molecule has 0 aromatic heterocycles. The van der Waals surface area contributed by atoms with Gasteiger partial charge in [-0.15, -0.1) is 0 Å². The Hall–Kier alpha value is -0.900. The van der Waals surface area contributed by atoms with E-state index in [0.717, 1.165) is 44.9 Å². The highest BCUT2D eigenvalue weighted by atomic mass is 16.5. The van der Waals surface area contributed by atoms with E-state index in [0.29, 0.717) is 30.0 Å². The zero-order valence-electron chi connectivity index (χ0n) is 18.1. The Morgan fingerprint density at radius 1 is 0.964 bits per heavy atom. The summed E-state index contributed by atoms with van der Waals surface area (Å²) in [5.41, 5.74) is 0.253. The van der Waals surface area contributed by atoms with E-state index in [1.807, 2.05) is 6.92 Å². The number of Topliss-reactive ketones (excluding diaryl/α,β-unsaturated/α-hetero) is 1. The summed E-state index contributed by atoms with van der Waals surface area (Å²) >= 11 is 0. The van der Waals surface area contributed by atoms with Crippen LogP contribution in [0.3, 0.4) is 0 Å². The summed E-state index contributed by atoms with van der Waals surface area (Å²) in [6, 6.07) is 0. The molecule has 0 aromatic carbocycles. The average Bonchev–Trinajstić information content (AvgIpc) is 2.99. The first-order chi connectivity index (χ1) is 13.2. The number of ether oxygens (including phenoxy) is 1. The average molecular weight is 391 g/mol. The molecule has 0 aromatic rings. The molecule has 0 bridgehead atoms. The number of hydrogen-bond acceptors (Lipinski definition) is 4.